The predicted molar refractivity (Wildman–Crippen MR) is 83.5 cm³/mol. The van der Waals surface area contributed by atoms with Crippen LogP contribution >= 0.6 is 0 Å². The van der Waals surface area contributed by atoms with E-state index in [2.05, 4.69) is 15.2 Å². The third kappa shape index (κ3) is 3.18. The van der Waals surface area contributed by atoms with Gasteiger partial charge in [-0.2, -0.15) is 0 Å². The topological polar surface area (TPSA) is 48.5 Å². The van der Waals surface area contributed by atoms with Gasteiger partial charge in [0.1, 0.15) is 5.82 Å². The Morgan fingerprint density at radius 1 is 1.29 bits per heavy atom. The first-order valence-corrected chi connectivity index (χ1v) is 7.95. The Bertz CT molecular complexity index is 499. The number of carbonyl (C=O) groups is 1. The summed E-state index contributed by atoms with van der Waals surface area (Å²) in [5, 5.41) is 2.98. The fourth-order valence-electron chi connectivity index (χ4n) is 3.39. The Balaban J connectivity index is 1.63. The number of nitrogens with zero attached hydrogens (tertiary/aromatic N) is 3. The third-order valence-corrected chi connectivity index (χ3v) is 4.62. The fourth-order valence-corrected chi connectivity index (χ4v) is 3.39. The molecule has 1 atom stereocenters. The van der Waals surface area contributed by atoms with Crippen molar-refractivity contribution in [2.75, 3.05) is 38.5 Å². The van der Waals surface area contributed by atoms with E-state index in [1.54, 1.807) is 12.3 Å². The maximum atomic E-state index is 12.6. The SMILES string of the molecule is CNc1cc(C(=O)N2CCC(N3CCCCC3)C2)ccn1. The summed E-state index contributed by atoms with van der Waals surface area (Å²) in [4.78, 5) is 21.3. The summed E-state index contributed by atoms with van der Waals surface area (Å²) >= 11 is 0. The van der Waals surface area contributed by atoms with Gasteiger partial charge in [0.05, 0.1) is 0 Å². The van der Waals surface area contributed by atoms with E-state index in [1.807, 2.05) is 18.0 Å². The molecule has 1 unspecified atom stereocenters. The van der Waals surface area contributed by atoms with Crippen molar-refractivity contribution in [2.24, 2.45) is 0 Å². The van der Waals surface area contributed by atoms with E-state index in [-0.39, 0.29) is 5.91 Å². The van der Waals surface area contributed by atoms with Gasteiger partial charge < -0.3 is 10.2 Å². The molecule has 3 rings (SSSR count). The van der Waals surface area contributed by atoms with Crippen molar-refractivity contribution in [2.45, 2.75) is 31.7 Å². The van der Waals surface area contributed by atoms with Gasteiger partial charge in [0.2, 0.25) is 0 Å². The highest BCUT2D eigenvalue weighted by Gasteiger charge is 2.31. The zero-order chi connectivity index (χ0) is 14.7. The van der Waals surface area contributed by atoms with E-state index in [0.717, 1.165) is 30.9 Å². The van der Waals surface area contributed by atoms with E-state index in [1.165, 1.54) is 32.4 Å². The summed E-state index contributed by atoms with van der Waals surface area (Å²) in [5.74, 6) is 0.876. The van der Waals surface area contributed by atoms with E-state index < -0.39 is 0 Å². The van der Waals surface area contributed by atoms with Crippen LogP contribution in [0.25, 0.3) is 0 Å². The third-order valence-electron chi connectivity index (χ3n) is 4.62. The Kier molecular flexibility index (Phi) is 4.39. The zero-order valence-electron chi connectivity index (χ0n) is 12.7. The quantitative estimate of drug-likeness (QED) is 0.922. The second-order valence-electron chi connectivity index (χ2n) is 5.97. The molecule has 2 aliphatic heterocycles. The van der Waals surface area contributed by atoms with Crippen LogP contribution in [0.2, 0.25) is 0 Å². The van der Waals surface area contributed by atoms with Crippen molar-refractivity contribution >= 4 is 11.7 Å². The fraction of sp³-hybridized carbons (Fsp3) is 0.625. The lowest BCUT2D eigenvalue weighted by Crippen LogP contribution is -2.41. The first-order chi connectivity index (χ1) is 10.3. The van der Waals surface area contributed by atoms with E-state index in [4.69, 9.17) is 0 Å². The average molecular weight is 288 g/mol. The van der Waals surface area contributed by atoms with Crippen LogP contribution in [0.15, 0.2) is 18.3 Å². The molecule has 5 heteroatoms. The van der Waals surface area contributed by atoms with Gasteiger partial charge in [-0.3, -0.25) is 9.69 Å². The summed E-state index contributed by atoms with van der Waals surface area (Å²) in [6.07, 6.45) is 6.77. The van der Waals surface area contributed by atoms with Crippen molar-refractivity contribution in [3.05, 3.63) is 23.9 Å². The largest absolute Gasteiger partial charge is 0.373 e. The normalized spacial score (nSPS) is 23.3. The van der Waals surface area contributed by atoms with Crippen LogP contribution in [-0.4, -0.2) is 60.0 Å². The molecule has 2 saturated heterocycles. The summed E-state index contributed by atoms with van der Waals surface area (Å²) in [6, 6.07) is 4.19. The Labute approximate surface area is 126 Å². The summed E-state index contributed by atoms with van der Waals surface area (Å²) in [5.41, 5.74) is 0.730. The van der Waals surface area contributed by atoms with E-state index in [0.29, 0.717) is 6.04 Å². The zero-order valence-corrected chi connectivity index (χ0v) is 12.7. The van der Waals surface area contributed by atoms with Crippen LogP contribution in [0.5, 0.6) is 0 Å². The molecule has 0 aromatic carbocycles. The Morgan fingerprint density at radius 3 is 2.86 bits per heavy atom. The molecular formula is C16H24N4O. The van der Waals surface area contributed by atoms with Crippen molar-refractivity contribution in [3.63, 3.8) is 0 Å². The molecule has 1 amide bonds. The van der Waals surface area contributed by atoms with Gasteiger partial charge in [0, 0.05) is 37.9 Å². The van der Waals surface area contributed by atoms with Crippen molar-refractivity contribution in [1.29, 1.82) is 0 Å². The monoisotopic (exact) mass is 288 g/mol. The molecule has 21 heavy (non-hydrogen) atoms. The molecule has 0 spiro atoms. The van der Waals surface area contributed by atoms with Crippen LogP contribution < -0.4 is 5.32 Å². The number of piperidine rings is 1. The van der Waals surface area contributed by atoms with Crippen LogP contribution in [0.3, 0.4) is 0 Å². The standard InChI is InChI=1S/C16H24N4O/c1-17-15-11-13(5-7-18-15)16(21)20-10-6-14(12-20)19-8-3-2-4-9-19/h5,7,11,14H,2-4,6,8-10,12H2,1H3,(H,17,18). The van der Waals surface area contributed by atoms with Crippen LogP contribution in [0.4, 0.5) is 5.82 Å². The summed E-state index contributed by atoms with van der Waals surface area (Å²) in [6.45, 7) is 4.14. The number of anilines is 1. The minimum absolute atomic E-state index is 0.133. The summed E-state index contributed by atoms with van der Waals surface area (Å²) < 4.78 is 0. The van der Waals surface area contributed by atoms with E-state index in [9.17, 15) is 4.79 Å². The highest BCUT2D eigenvalue weighted by molar-refractivity contribution is 5.95. The Hall–Kier alpha value is -1.62. The van der Waals surface area contributed by atoms with Crippen LogP contribution in [0, 0.1) is 0 Å². The molecule has 0 radical (unpaired) electrons. The van der Waals surface area contributed by atoms with Gasteiger partial charge in [-0.25, -0.2) is 4.98 Å². The number of carbonyl (C=O) groups excluding carboxylic acids is 1. The van der Waals surface area contributed by atoms with Gasteiger partial charge >= 0.3 is 0 Å². The number of hydrogen-bond acceptors (Lipinski definition) is 4. The molecule has 2 fully saturated rings. The number of likely N-dealkylation sites (tertiary alicyclic amines) is 2. The molecular weight excluding hydrogens is 264 g/mol. The molecule has 0 saturated carbocycles. The lowest BCUT2D eigenvalue weighted by atomic mass is 10.1. The second-order valence-corrected chi connectivity index (χ2v) is 5.97. The highest BCUT2D eigenvalue weighted by Crippen LogP contribution is 2.22. The van der Waals surface area contributed by atoms with Crippen LogP contribution in [0.1, 0.15) is 36.0 Å². The predicted octanol–water partition coefficient (Wildman–Crippen LogP) is 1.82. The van der Waals surface area contributed by atoms with Gasteiger partial charge in [0.25, 0.3) is 5.91 Å². The van der Waals surface area contributed by atoms with Gasteiger partial charge in [0.15, 0.2) is 0 Å². The van der Waals surface area contributed by atoms with Crippen molar-refractivity contribution in [1.82, 2.24) is 14.8 Å². The number of rotatable bonds is 3. The van der Waals surface area contributed by atoms with Gasteiger partial charge in [-0.1, -0.05) is 6.42 Å². The van der Waals surface area contributed by atoms with Gasteiger partial charge in [-0.15, -0.1) is 0 Å². The molecule has 1 aromatic heterocycles. The van der Waals surface area contributed by atoms with E-state index >= 15 is 0 Å². The van der Waals surface area contributed by atoms with Gasteiger partial charge in [-0.05, 0) is 44.5 Å². The smallest absolute Gasteiger partial charge is 0.254 e. The Morgan fingerprint density at radius 2 is 2.10 bits per heavy atom. The average Bonchev–Trinajstić information content (AvgIpc) is 3.05. The highest BCUT2D eigenvalue weighted by atomic mass is 16.2. The number of aromatic nitrogens is 1. The lowest BCUT2D eigenvalue weighted by Gasteiger charge is -2.32. The maximum absolute atomic E-state index is 12.6. The summed E-state index contributed by atoms with van der Waals surface area (Å²) in [7, 11) is 1.82. The maximum Gasteiger partial charge on any atom is 0.254 e. The molecule has 0 aliphatic carbocycles. The number of hydrogen-bond donors (Lipinski definition) is 1. The van der Waals surface area contributed by atoms with Crippen molar-refractivity contribution in [3.8, 4) is 0 Å². The molecule has 0 bridgehead atoms. The molecule has 3 heterocycles. The first kappa shape index (κ1) is 14.3. The molecule has 2 aliphatic rings. The molecule has 114 valence electrons. The molecule has 1 aromatic rings. The molecule has 5 nitrogen and oxygen atoms in total. The second kappa shape index (κ2) is 6.43. The number of pyridine rings is 1. The number of nitrogens with one attached hydrogen (secondary N) is 1. The lowest BCUT2D eigenvalue weighted by molar-refractivity contribution is 0.0771. The van der Waals surface area contributed by atoms with Crippen molar-refractivity contribution < 1.29 is 4.79 Å². The molecule has 1 N–H and O–H groups in total. The minimum Gasteiger partial charge on any atom is -0.373 e. The number of amides is 1. The minimum atomic E-state index is 0.133. The van der Waals surface area contributed by atoms with Crippen LogP contribution in [-0.2, 0) is 0 Å². The first-order valence-electron chi connectivity index (χ1n) is 7.95.